The average Bonchev–Trinajstić information content (AvgIpc) is 3.40. The fraction of sp³-hybridized carbons (Fsp3) is 0.130. The average molecular weight is 433 g/mol. The summed E-state index contributed by atoms with van der Waals surface area (Å²) in [4.78, 5) is 29.7. The molecule has 8 heteroatoms. The van der Waals surface area contributed by atoms with E-state index in [-0.39, 0.29) is 18.1 Å². The first-order valence-corrected chi connectivity index (χ1v) is 10.4. The molecule has 0 fully saturated rings. The van der Waals surface area contributed by atoms with Crippen molar-refractivity contribution in [2.24, 2.45) is 0 Å². The first-order valence-electron chi connectivity index (χ1n) is 9.55. The highest BCUT2D eigenvalue weighted by molar-refractivity contribution is 7.22. The Balaban J connectivity index is 1.64. The van der Waals surface area contributed by atoms with E-state index in [9.17, 15) is 14.9 Å². The lowest BCUT2D eigenvalue weighted by Crippen LogP contribution is -2.28. The van der Waals surface area contributed by atoms with Crippen LogP contribution in [-0.2, 0) is 11.3 Å². The van der Waals surface area contributed by atoms with Crippen molar-refractivity contribution < 1.29 is 14.1 Å². The van der Waals surface area contributed by atoms with Crippen molar-refractivity contribution in [3.05, 3.63) is 93.4 Å². The number of benzene rings is 2. The molecule has 1 amide bonds. The van der Waals surface area contributed by atoms with Crippen molar-refractivity contribution in [2.75, 3.05) is 4.90 Å². The maximum absolute atomic E-state index is 13.1. The minimum absolute atomic E-state index is 0.00276. The molecule has 0 aliphatic rings. The van der Waals surface area contributed by atoms with Crippen LogP contribution >= 0.6 is 11.3 Å². The number of anilines is 1. The molecular weight excluding hydrogens is 414 g/mol. The largest absolute Gasteiger partial charge is 0.467 e. The van der Waals surface area contributed by atoms with Crippen LogP contribution in [0.3, 0.4) is 0 Å². The Morgan fingerprint density at radius 1 is 1.19 bits per heavy atom. The van der Waals surface area contributed by atoms with E-state index in [1.54, 1.807) is 35.4 Å². The van der Waals surface area contributed by atoms with Crippen molar-refractivity contribution >= 4 is 44.4 Å². The molecule has 31 heavy (non-hydrogen) atoms. The standard InChI is InChI=1S/C23H19N3O4S/c1-15-12-20-21(13-16(15)2)31-23(24-20)25(14-19-4-3-11-30-19)22(27)10-7-17-5-8-18(9-6-17)26(28)29/h3-13H,14H2,1-2H3/b10-7-. The van der Waals surface area contributed by atoms with Gasteiger partial charge < -0.3 is 4.42 Å². The number of rotatable bonds is 6. The van der Waals surface area contributed by atoms with Gasteiger partial charge in [0, 0.05) is 18.2 Å². The van der Waals surface area contributed by atoms with Gasteiger partial charge in [0.2, 0.25) is 0 Å². The number of nitrogens with zero attached hydrogens (tertiary/aromatic N) is 3. The number of hydrogen-bond acceptors (Lipinski definition) is 6. The summed E-state index contributed by atoms with van der Waals surface area (Å²) in [5.74, 6) is 0.381. The van der Waals surface area contributed by atoms with E-state index in [0.717, 1.165) is 15.8 Å². The van der Waals surface area contributed by atoms with Gasteiger partial charge in [-0.3, -0.25) is 19.8 Å². The van der Waals surface area contributed by atoms with Crippen LogP contribution < -0.4 is 4.90 Å². The summed E-state index contributed by atoms with van der Waals surface area (Å²) in [5.41, 5.74) is 3.85. The number of thiazole rings is 1. The Kier molecular flexibility index (Phi) is 5.64. The molecule has 0 saturated carbocycles. The van der Waals surface area contributed by atoms with Gasteiger partial charge in [0.05, 0.1) is 27.9 Å². The zero-order valence-electron chi connectivity index (χ0n) is 16.9. The van der Waals surface area contributed by atoms with E-state index in [1.165, 1.54) is 35.1 Å². The van der Waals surface area contributed by atoms with E-state index in [4.69, 9.17) is 4.42 Å². The summed E-state index contributed by atoms with van der Waals surface area (Å²) in [6.45, 7) is 4.33. The summed E-state index contributed by atoms with van der Waals surface area (Å²) in [6.07, 6.45) is 4.63. The number of aromatic nitrogens is 1. The molecule has 4 rings (SSSR count). The molecule has 2 heterocycles. The van der Waals surface area contributed by atoms with Gasteiger partial charge in [-0.05, 0) is 73.0 Å². The van der Waals surface area contributed by atoms with Crippen molar-refractivity contribution in [3.63, 3.8) is 0 Å². The smallest absolute Gasteiger partial charge is 0.269 e. The highest BCUT2D eigenvalue weighted by Crippen LogP contribution is 2.32. The highest BCUT2D eigenvalue weighted by atomic mass is 32.1. The van der Waals surface area contributed by atoms with Gasteiger partial charge in [-0.15, -0.1) is 0 Å². The lowest BCUT2D eigenvalue weighted by Gasteiger charge is -2.16. The third kappa shape index (κ3) is 4.54. The van der Waals surface area contributed by atoms with Crippen molar-refractivity contribution in [1.29, 1.82) is 0 Å². The molecule has 0 atom stereocenters. The number of aryl methyl sites for hydroxylation is 2. The van der Waals surface area contributed by atoms with Crippen LogP contribution in [0.2, 0.25) is 0 Å². The van der Waals surface area contributed by atoms with E-state index in [0.29, 0.717) is 16.5 Å². The van der Waals surface area contributed by atoms with Crippen LogP contribution in [0.5, 0.6) is 0 Å². The summed E-state index contributed by atoms with van der Waals surface area (Å²) >= 11 is 1.45. The summed E-state index contributed by atoms with van der Waals surface area (Å²) < 4.78 is 6.45. The minimum Gasteiger partial charge on any atom is -0.467 e. The van der Waals surface area contributed by atoms with Gasteiger partial charge in [-0.25, -0.2) is 4.98 Å². The summed E-state index contributed by atoms with van der Waals surface area (Å²) in [6, 6.07) is 13.7. The summed E-state index contributed by atoms with van der Waals surface area (Å²) in [7, 11) is 0. The van der Waals surface area contributed by atoms with Crippen LogP contribution in [-0.4, -0.2) is 15.8 Å². The molecule has 0 unspecified atom stereocenters. The molecule has 0 radical (unpaired) electrons. The predicted octanol–water partition coefficient (Wildman–Crippen LogP) is 5.66. The van der Waals surface area contributed by atoms with Gasteiger partial charge in [-0.1, -0.05) is 11.3 Å². The molecular formula is C23H19N3O4S. The second kappa shape index (κ2) is 8.53. The number of furan rings is 1. The molecule has 7 nitrogen and oxygen atoms in total. The van der Waals surface area contributed by atoms with Crippen LogP contribution in [0.1, 0.15) is 22.5 Å². The van der Waals surface area contributed by atoms with E-state index in [1.807, 2.05) is 26.0 Å². The predicted molar refractivity (Wildman–Crippen MR) is 121 cm³/mol. The third-order valence-electron chi connectivity index (χ3n) is 4.91. The zero-order chi connectivity index (χ0) is 22.0. The SMILES string of the molecule is Cc1cc2nc(N(Cc3ccco3)C(=O)/C=C\c3ccc([N+](=O)[O-])cc3)sc2cc1C. The maximum atomic E-state index is 13.1. The first kappa shape index (κ1) is 20.5. The lowest BCUT2D eigenvalue weighted by molar-refractivity contribution is -0.384. The molecule has 0 bridgehead atoms. The second-order valence-electron chi connectivity index (χ2n) is 7.09. The Labute approximate surface area is 182 Å². The molecule has 2 aromatic heterocycles. The Hall–Kier alpha value is -3.78. The first-order chi connectivity index (χ1) is 14.9. The lowest BCUT2D eigenvalue weighted by atomic mass is 10.1. The van der Waals surface area contributed by atoms with E-state index in [2.05, 4.69) is 11.1 Å². The van der Waals surface area contributed by atoms with Gasteiger partial charge in [0.25, 0.3) is 11.6 Å². The number of fused-ring (bicyclic) bond motifs is 1. The fourth-order valence-corrected chi connectivity index (χ4v) is 4.10. The Bertz CT molecular complexity index is 1240. The van der Waals surface area contributed by atoms with Gasteiger partial charge in [-0.2, -0.15) is 0 Å². The topological polar surface area (TPSA) is 89.5 Å². The second-order valence-corrected chi connectivity index (χ2v) is 8.10. The van der Waals surface area contributed by atoms with Crippen LogP contribution in [0.4, 0.5) is 10.8 Å². The normalized spacial score (nSPS) is 11.3. The van der Waals surface area contributed by atoms with Crippen molar-refractivity contribution in [2.45, 2.75) is 20.4 Å². The highest BCUT2D eigenvalue weighted by Gasteiger charge is 2.20. The maximum Gasteiger partial charge on any atom is 0.269 e. The monoisotopic (exact) mass is 433 g/mol. The molecule has 0 spiro atoms. The number of carbonyl (C=O) groups is 1. The molecule has 0 aliphatic carbocycles. The molecule has 0 aliphatic heterocycles. The van der Waals surface area contributed by atoms with Gasteiger partial charge >= 0.3 is 0 Å². The van der Waals surface area contributed by atoms with Crippen LogP contribution in [0, 0.1) is 24.0 Å². The third-order valence-corrected chi connectivity index (χ3v) is 5.95. The molecule has 2 aromatic carbocycles. The molecule has 0 N–H and O–H groups in total. The van der Waals surface area contributed by atoms with Crippen LogP contribution in [0.15, 0.2) is 65.3 Å². The number of nitro groups is 1. The minimum atomic E-state index is -0.458. The number of hydrogen-bond donors (Lipinski definition) is 0. The molecule has 156 valence electrons. The molecule has 4 aromatic rings. The van der Waals surface area contributed by atoms with Gasteiger partial charge in [0.1, 0.15) is 5.76 Å². The Morgan fingerprint density at radius 3 is 2.61 bits per heavy atom. The Morgan fingerprint density at radius 2 is 1.94 bits per heavy atom. The van der Waals surface area contributed by atoms with Gasteiger partial charge in [0.15, 0.2) is 5.13 Å². The quantitative estimate of drug-likeness (QED) is 0.222. The zero-order valence-corrected chi connectivity index (χ0v) is 17.8. The number of carbonyl (C=O) groups excluding carboxylic acids is 1. The fourth-order valence-electron chi connectivity index (χ4n) is 3.05. The molecule has 0 saturated heterocycles. The van der Waals surface area contributed by atoms with Crippen molar-refractivity contribution in [3.8, 4) is 0 Å². The number of nitro benzene ring substituents is 1. The van der Waals surface area contributed by atoms with E-state index < -0.39 is 4.92 Å². The van der Waals surface area contributed by atoms with E-state index >= 15 is 0 Å². The number of amides is 1. The van der Waals surface area contributed by atoms with Crippen LogP contribution in [0.25, 0.3) is 16.3 Å². The summed E-state index contributed by atoms with van der Waals surface area (Å²) in [5, 5.41) is 11.4. The van der Waals surface area contributed by atoms with Crippen molar-refractivity contribution in [1.82, 2.24) is 4.98 Å². The number of non-ortho nitro benzene ring substituents is 1.